The van der Waals surface area contributed by atoms with Crippen LogP contribution < -0.4 is 10.2 Å². The monoisotopic (exact) mass is 453 g/mol. The highest BCUT2D eigenvalue weighted by Crippen LogP contribution is 2.45. The van der Waals surface area contributed by atoms with E-state index in [1.165, 1.54) is 4.90 Å². The van der Waals surface area contributed by atoms with Gasteiger partial charge in [-0.1, -0.05) is 30.0 Å². The molecule has 9 heteroatoms. The molecule has 0 spiro atoms. The first-order valence-corrected chi connectivity index (χ1v) is 12.5. The molecule has 1 fully saturated rings. The van der Waals surface area contributed by atoms with Crippen molar-refractivity contribution in [1.82, 2.24) is 14.3 Å². The lowest BCUT2D eigenvalue weighted by Crippen LogP contribution is -2.49. The highest BCUT2D eigenvalue weighted by atomic mass is 32.2. The summed E-state index contributed by atoms with van der Waals surface area (Å²) < 4.78 is 28.3. The van der Waals surface area contributed by atoms with Crippen LogP contribution in [0.25, 0.3) is 0 Å². The quantitative estimate of drug-likeness (QED) is 0.502. The van der Waals surface area contributed by atoms with Gasteiger partial charge in [-0.05, 0) is 36.8 Å². The lowest BCUT2D eigenvalue weighted by atomic mass is 10.1. The number of nitrogens with one attached hydrogen (secondary N) is 1. The van der Waals surface area contributed by atoms with Gasteiger partial charge >= 0.3 is 0 Å². The van der Waals surface area contributed by atoms with Crippen LogP contribution in [0.5, 0.6) is 0 Å². The Hall–Kier alpha value is -2.62. The van der Waals surface area contributed by atoms with Crippen LogP contribution in [-0.4, -0.2) is 48.9 Å². The maximum atomic E-state index is 13.3. The van der Waals surface area contributed by atoms with E-state index in [0.717, 1.165) is 27.7 Å². The number of piperazine rings is 1. The number of hydrogen-bond acceptors (Lipinski definition) is 7. The van der Waals surface area contributed by atoms with Crippen molar-refractivity contribution in [3.63, 3.8) is 0 Å². The Morgan fingerprint density at radius 1 is 1.00 bits per heavy atom. The molecule has 0 amide bonds. The Labute approximate surface area is 186 Å². The minimum absolute atomic E-state index is 0.440. The van der Waals surface area contributed by atoms with E-state index in [0.29, 0.717) is 26.2 Å². The zero-order valence-electron chi connectivity index (χ0n) is 17.1. The average Bonchev–Trinajstić information content (AvgIpc) is 2.82. The first-order chi connectivity index (χ1) is 15.0. The number of hydrogen-bond donors (Lipinski definition) is 1. The second-order valence-corrected chi connectivity index (χ2v) is 11.0. The van der Waals surface area contributed by atoms with Gasteiger partial charge in [0.1, 0.15) is 5.82 Å². The van der Waals surface area contributed by atoms with E-state index in [2.05, 4.69) is 26.3 Å². The van der Waals surface area contributed by atoms with Gasteiger partial charge in [0.05, 0.1) is 22.8 Å². The second-order valence-electron chi connectivity index (χ2n) is 7.62. The van der Waals surface area contributed by atoms with Gasteiger partial charge in [-0.15, -0.1) is 0 Å². The van der Waals surface area contributed by atoms with Gasteiger partial charge in [-0.2, -0.15) is 4.31 Å². The van der Waals surface area contributed by atoms with Gasteiger partial charge in [-0.25, -0.2) is 13.4 Å². The number of para-hydroxylation sites is 1. The Bertz CT molecular complexity index is 1200. The fourth-order valence-corrected chi connectivity index (χ4v) is 6.51. The van der Waals surface area contributed by atoms with Gasteiger partial charge in [-0.3, -0.25) is 4.98 Å². The lowest BCUT2D eigenvalue weighted by Gasteiger charge is -2.36. The van der Waals surface area contributed by atoms with Crippen LogP contribution in [0.4, 0.5) is 17.2 Å². The van der Waals surface area contributed by atoms with Gasteiger partial charge in [0.2, 0.25) is 10.0 Å². The van der Waals surface area contributed by atoms with Gasteiger partial charge in [0.15, 0.2) is 0 Å². The number of sulfonamides is 1. The first kappa shape index (κ1) is 20.3. The molecule has 1 unspecified atom stereocenters. The number of benzene rings is 2. The maximum absolute atomic E-state index is 13.3. The average molecular weight is 454 g/mol. The van der Waals surface area contributed by atoms with Crippen LogP contribution in [-0.2, 0) is 10.0 Å². The van der Waals surface area contributed by atoms with E-state index in [1.807, 2.05) is 36.4 Å². The smallest absolute Gasteiger partial charge is 0.221 e. The largest absolute Gasteiger partial charge is 0.354 e. The van der Waals surface area contributed by atoms with Gasteiger partial charge in [0.25, 0.3) is 0 Å². The van der Waals surface area contributed by atoms with E-state index in [1.54, 1.807) is 41.6 Å². The number of aromatic nitrogens is 2. The molecule has 5 rings (SSSR count). The molecule has 0 radical (unpaired) electrons. The normalized spacial score (nSPS) is 17.4. The molecule has 160 valence electrons. The van der Waals surface area contributed by atoms with E-state index in [4.69, 9.17) is 0 Å². The molecule has 31 heavy (non-hydrogen) atoms. The van der Waals surface area contributed by atoms with E-state index >= 15 is 0 Å². The third-order valence-electron chi connectivity index (χ3n) is 5.77. The highest BCUT2D eigenvalue weighted by Gasteiger charge is 2.33. The number of anilines is 3. The molecular weight excluding hydrogens is 430 g/mol. The predicted octanol–water partition coefficient (Wildman–Crippen LogP) is 3.90. The summed E-state index contributed by atoms with van der Waals surface area (Å²) in [6, 6.07) is 14.0. The number of nitrogens with zero attached hydrogens (tertiary/aromatic N) is 4. The molecule has 2 aromatic carbocycles. The molecule has 0 aliphatic carbocycles. The Balaban J connectivity index is 1.32. The minimum atomic E-state index is -3.47. The third-order valence-corrected chi connectivity index (χ3v) is 9.17. The summed E-state index contributed by atoms with van der Waals surface area (Å²) >= 11 is 1.70. The molecule has 2 aliphatic rings. The van der Waals surface area contributed by atoms with Gasteiger partial charge < -0.3 is 10.2 Å². The molecule has 0 saturated carbocycles. The fraction of sp³-hybridized carbons (Fsp3) is 0.273. The standard InChI is InChI=1S/C22H23N5O2S2/c1-16(17-6-7-21-19(14-17)25-18-4-2-3-5-20(18)30-21)31(28,29)27-12-10-26(11-13-27)22-15-23-8-9-24-22/h2-9,14-16,25H,10-13H2,1H3. The van der Waals surface area contributed by atoms with Crippen molar-refractivity contribution in [2.24, 2.45) is 0 Å². The van der Waals surface area contributed by atoms with Crippen LogP contribution in [0.15, 0.2) is 70.8 Å². The summed E-state index contributed by atoms with van der Waals surface area (Å²) in [6.07, 6.45) is 5.00. The Morgan fingerprint density at radius 2 is 1.77 bits per heavy atom. The van der Waals surface area contributed by atoms with E-state index < -0.39 is 15.3 Å². The van der Waals surface area contributed by atoms with Crippen molar-refractivity contribution in [2.75, 3.05) is 36.4 Å². The minimum Gasteiger partial charge on any atom is -0.354 e. The van der Waals surface area contributed by atoms with Gasteiger partial charge in [0, 0.05) is 48.4 Å². The van der Waals surface area contributed by atoms with Crippen LogP contribution in [0, 0.1) is 0 Å². The van der Waals surface area contributed by atoms with Crippen molar-refractivity contribution < 1.29 is 8.42 Å². The first-order valence-electron chi connectivity index (χ1n) is 10.2. The van der Waals surface area contributed by atoms with Crippen molar-refractivity contribution in [3.05, 3.63) is 66.6 Å². The molecular formula is C22H23N5O2S2. The molecule has 1 saturated heterocycles. The maximum Gasteiger partial charge on any atom is 0.221 e. The van der Waals surface area contributed by atoms with Crippen LogP contribution in [0.1, 0.15) is 17.7 Å². The molecule has 1 aromatic heterocycles. The highest BCUT2D eigenvalue weighted by molar-refractivity contribution is 7.99. The molecule has 1 atom stereocenters. The zero-order valence-corrected chi connectivity index (χ0v) is 18.7. The molecule has 0 bridgehead atoms. The third kappa shape index (κ3) is 3.88. The summed E-state index contributed by atoms with van der Waals surface area (Å²) in [5, 5.41) is 2.82. The summed E-state index contributed by atoms with van der Waals surface area (Å²) in [7, 11) is -3.47. The number of fused-ring (bicyclic) bond motifs is 2. The zero-order chi connectivity index (χ0) is 21.4. The van der Waals surface area contributed by atoms with E-state index in [9.17, 15) is 8.42 Å². The summed E-state index contributed by atoms with van der Waals surface area (Å²) in [5.41, 5.74) is 2.80. The molecule has 2 aliphatic heterocycles. The summed E-state index contributed by atoms with van der Waals surface area (Å²) in [6.45, 7) is 3.86. The summed E-state index contributed by atoms with van der Waals surface area (Å²) in [5.74, 6) is 0.783. The Kier molecular flexibility index (Phi) is 5.33. The van der Waals surface area contributed by atoms with Crippen LogP contribution in [0.2, 0.25) is 0 Å². The molecule has 1 N–H and O–H groups in total. The van der Waals surface area contributed by atoms with Crippen molar-refractivity contribution >= 4 is 39.0 Å². The Morgan fingerprint density at radius 3 is 2.55 bits per heavy atom. The molecule has 7 nitrogen and oxygen atoms in total. The summed E-state index contributed by atoms with van der Waals surface area (Å²) in [4.78, 5) is 12.8. The second kappa shape index (κ2) is 8.14. The fourth-order valence-electron chi connectivity index (χ4n) is 3.93. The van der Waals surface area contributed by atoms with Crippen molar-refractivity contribution in [1.29, 1.82) is 0 Å². The van der Waals surface area contributed by atoms with E-state index in [-0.39, 0.29) is 0 Å². The molecule has 3 heterocycles. The number of rotatable bonds is 4. The van der Waals surface area contributed by atoms with Crippen molar-refractivity contribution in [2.45, 2.75) is 22.0 Å². The van der Waals surface area contributed by atoms with Crippen molar-refractivity contribution in [3.8, 4) is 0 Å². The van der Waals surface area contributed by atoms with Crippen LogP contribution >= 0.6 is 11.8 Å². The van der Waals surface area contributed by atoms with Crippen LogP contribution in [0.3, 0.4) is 0 Å². The molecule has 3 aromatic rings. The topological polar surface area (TPSA) is 78.4 Å². The SMILES string of the molecule is CC(c1ccc2c(c1)Nc1ccccc1S2)S(=O)(=O)N1CCN(c2cnccn2)CC1. The lowest BCUT2D eigenvalue weighted by molar-refractivity contribution is 0.379. The predicted molar refractivity (Wildman–Crippen MR) is 123 cm³/mol.